The molecule has 0 aromatic carbocycles. The zero-order chi connectivity index (χ0) is 10.1. The Bertz CT molecular complexity index is 173. The summed E-state index contributed by atoms with van der Waals surface area (Å²) in [5.41, 5.74) is 0.698. The van der Waals surface area contributed by atoms with Gasteiger partial charge in [0.15, 0.2) is 0 Å². The summed E-state index contributed by atoms with van der Waals surface area (Å²) in [4.78, 5) is 0. The molecule has 1 fully saturated rings. The highest BCUT2D eigenvalue weighted by Crippen LogP contribution is 2.51. The topological polar surface area (TPSA) is 21.3 Å². The second-order valence-electron chi connectivity index (χ2n) is 5.62. The Labute approximate surface area is 82.0 Å². The van der Waals surface area contributed by atoms with Gasteiger partial charge in [-0.1, -0.05) is 6.92 Å². The lowest BCUT2D eigenvalue weighted by molar-refractivity contribution is 0.140. The van der Waals surface area contributed by atoms with Gasteiger partial charge in [-0.15, -0.1) is 0 Å². The lowest BCUT2D eigenvalue weighted by Gasteiger charge is -2.21. The van der Waals surface area contributed by atoms with E-state index >= 15 is 0 Å². The maximum Gasteiger partial charge on any atom is 0.0519 e. The van der Waals surface area contributed by atoms with Gasteiger partial charge in [0.25, 0.3) is 0 Å². The van der Waals surface area contributed by atoms with E-state index in [-0.39, 0.29) is 5.54 Å². The van der Waals surface area contributed by atoms with Crippen LogP contribution in [0.15, 0.2) is 0 Å². The van der Waals surface area contributed by atoms with Gasteiger partial charge in [0, 0.05) is 12.6 Å². The largest absolute Gasteiger partial charge is 0.384 e. The van der Waals surface area contributed by atoms with E-state index in [0.717, 1.165) is 19.1 Å². The van der Waals surface area contributed by atoms with Gasteiger partial charge < -0.3 is 10.1 Å². The van der Waals surface area contributed by atoms with Crippen molar-refractivity contribution in [1.82, 2.24) is 5.32 Å². The Kier molecular flexibility index (Phi) is 3.03. The quantitative estimate of drug-likeness (QED) is 0.723. The SMILES string of the molecule is COCC1(C)CC1CNC(C)(C)C. The number of ether oxygens (including phenoxy) is 1. The lowest BCUT2D eigenvalue weighted by atomic mass is 10.1. The zero-order valence-electron chi connectivity index (χ0n) is 9.61. The molecule has 0 amide bonds. The van der Waals surface area contributed by atoms with Crippen LogP contribution in [0, 0.1) is 11.3 Å². The van der Waals surface area contributed by atoms with Crippen molar-refractivity contribution in [3.63, 3.8) is 0 Å². The molecule has 0 aromatic rings. The van der Waals surface area contributed by atoms with Crippen LogP contribution in [0.2, 0.25) is 0 Å². The second-order valence-corrected chi connectivity index (χ2v) is 5.62. The van der Waals surface area contributed by atoms with Crippen LogP contribution in [0.1, 0.15) is 34.1 Å². The Balaban J connectivity index is 2.20. The average molecular weight is 185 g/mol. The monoisotopic (exact) mass is 185 g/mol. The molecule has 2 heteroatoms. The fourth-order valence-electron chi connectivity index (χ4n) is 1.76. The minimum Gasteiger partial charge on any atom is -0.384 e. The molecule has 0 spiro atoms. The van der Waals surface area contributed by atoms with Crippen LogP contribution >= 0.6 is 0 Å². The number of hydrogen-bond acceptors (Lipinski definition) is 2. The van der Waals surface area contributed by atoms with E-state index in [2.05, 4.69) is 33.0 Å². The van der Waals surface area contributed by atoms with Crippen molar-refractivity contribution < 1.29 is 4.74 Å². The van der Waals surface area contributed by atoms with Gasteiger partial charge in [-0.05, 0) is 45.1 Å². The van der Waals surface area contributed by atoms with Crippen LogP contribution < -0.4 is 5.32 Å². The molecule has 0 aliphatic heterocycles. The van der Waals surface area contributed by atoms with Crippen LogP contribution in [0.4, 0.5) is 0 Å². The molecule has 0 bridgehead atoms. The Morgan fingerprint density at radius 3 is 2.54 bits per heavy atom. The highest BCUT2D eigenvalue weighted by molar-refractivity contribution is 5.00. The summed E-state index contributed by atoms with van der Waals surface area (Å²) in [5.74, 6) is 0.812. The van der Waals surface area contributed by atoms with Crippen LogP contribution in [0.25, 0.3) is 0 Å². The number of rotatable bonds is 4. The van der Waals surface area contributed by atoms with Gasteiger partial charge >= 0.3 is 0 Å². The molecule has 78 valence electrons. The molecule has 1 aliphatic rings. The van der Waals surface area contributed by atoms with Crippen LogP contribution in [0.3, 0.4) is 0 Å². The third-order valence-electron chi connectivity index (χ3n) is 2.89. The summed E-state index contributed by atoms with van der Waals surface area (Å²) >= 11 is 0. The predicted octanol–water partition coefficient (Wildman–Crippen LogP) is 2.05. The first-order valence-electron chi connectivity index (χ1n) is 5.11. The van der Waals surface area contributed by atoms with Crippen molar-refractivity contribution in [1.29, 1.82) is 0 Å². The lowest BCUT2D eigenvalue weighted by Crippen LogP contribution is -2.37. The zero-order valence-corrected chi connectivity index (χ0v) is 9.61. The highest BCUT2D eigenvalue weighted by atomic mass is 16.5. The van der Waals surface area contributed by atoms with Crippen LogP contribution in [-0.4, -0.2) is 25.8 Å². The smallest absolute Gasteiger partial charge is 0.0519 e. The van der Waals surface area contributed by atoms with E-state index in [0.29, 0.717) is 5.41 Å². The fraction of sp³-hybridized carbons (Fsp3) is 1.00. The van der Waals surface area contributed by atoms with Gasteiger partial charge in [-0.25, -0.2) is 0 Å². The third kappa shape index (κ3) is 3.28. The molecule has 0 heterocycles. The molecule has 1 aliphatic carbocycles. The van der Waals surface area contributed by atoms with E-state index in [1.54, 1.807) is 7.11 Å². The molecule has 2 nitrogen and oxygen atoms in total. The van der Waals surface area contributed by atoms with Crippen molar-refractivity contribution in [2.24, 2.45) is 11.3 Å². The Morgan fingerprint density at radius 2 is 2.08 bits per heavy atom. The van der Waals surface area contributed by atoms with Crippen molar-refractivity contribution in [2.75, 3.05) is 20.3 Å². The number of hydrogen-bond donors (Lipinski definition) is 1. The van der Waals surface area contributed by atoms with Gasteiger partial charge in [0.05, 0.1) is 6.61 Å². The molecule has 13 heavy (non-hydrogen) atoms. The van der Waals surface area contributed by atoms with Gasteiger partial charge in [0.2, 0.25) is 0 Å². The van der Waals surface area contributed by atoms with E-state index in [1.807, 2.05) is 0 Å². The molecule has 0 aromatic heterocycles. The van der Waals surface area contributed by atoms with Crippen molar-refractivity contribution in [2.45, 2.75) is 39.7 Å². The minimum absolute atomic E-state index is 0.247. The maximum atomic E-state index is 5.20. The van der Waals surface area contributed by atoms with Crippen molar-refractivity contribution >= 4 is 0 Å². The van der Waals surface area contributed by atoms with E-state index in [9.17, 15) is 0 Å². The first-order chi connectivity index (χ1) is 5.87. The van der Waals surface area contributed by atoms with Crippen LogP contribution in [-0.2, 0) is 4.74 Å². The standard InChI is InChI=1S/C11H23NO/c1-10(2,3)12-7-9-6-11(9,4)8-13-5/h9,12H,6-8H2,1-5H3. The molecule has 1 N–H and O–H groups in total. The second kappa shape index (κ2) is 3.58. The minimum atomic E-state index is 0.247. The molecule has 1 rings (SSSR count). The number of nitrogens with one attached hydrogen (secondary N) is 1. The van der Waals surface area contributed by atoms with Gasteiger partial charge in [-0.2, -0.15) is 0 Å². The molecule has 1 saturated carbocycles. The maximum absolute atomic E-state index is 5.20. The summed E-state index contributed by atoms with van der Waals surface area (Å²) in [5, 5.41) is 3.54. The van der Waals surface area contributed by atoms with E-state index in [4.69, 9.17) is 4.74 Å². The molecule has 2 atom stereocenters. The van der Waals surface area contributed by atoms with Crippen molar-refractivity contribution in [3.8, 4) is 0 Å². The highest BCUT2D eigenvalue weighted by Gasteiger charge is 2.49. The molecular formula is C11H23NO. The first-order valence-corrected chi connectivity index (χ1v) is 5.11. The molecule has 2 unspecified atom stereocenters. The third-order valence-corrected chi connectivity index (χ3v) is 2.89. The normalized spacial score (nSPS) is 33.5. The summed E-state index contributed by atoms with van der Waals surface area (Å²) in [6.45, 7) is 11.0. The van der Waals surface area contributed by atoms with Crippen molar-refractivity contribution in [3.05, 3.63) is 0 Å². The van der Waals surface area contributed by atoms with E-state index in [1.165, 1.54) is 6.42 Å². The Hall–Kier alpha value is -0.0800. The molecule has 0 radical (unpaired) electrons. The average Bonchev–Trinajstić information content (AvgIpc) is 2.57. The first kappa shape index (κ1) is 11.0. The van der Waals surface area contributed by atoms with Crippen LogP contribution in [0.5, 0.6) is 0 Å². The predicted molar refractivity (Wildman–Crippen MR) is 55.8 cm³/mol. The summed E-state index contributed by atoms with van der Waals surface area (Å²) < 4.78 is 5.20. The van der Waals surface area contributed by atoms with E-state index < -0.39 is 0 Å². The Morgan fingerprint density at radius 1 is 1.46 bits per heavy atom. The summed E-state index contributed by atoms with van der Waals surface area (Å²) in [6.07, 6.45) is 1.31. The fourth-order valence-corrected chi connectivity index (χ4v) is 1.76. The molecular weight excluding hydrogens is 162 g/mol. The summed E-state index contributed by atoms with van der Waals surface area (Å²) in [6, 6.07) is 0. The van der Waals surface area contributed by atoms with Gasteiger partial charge in [0.1, 0.15) is 0 Å². The number of methoxy groups -OCH3 is 1. The molecule has 0 saturated heterocycles. The van der Waals surface area contributed by atoms with Gasteiger partial charge in [-0.3, -0.25) is 0 Å². The summed E-state index contributed by atoms with van der Waals surface area (Å²) in [7, 11) is 1.79.